The number of ether oxygens (including phenoxy) is 3. The molecule has 1 aliphatic heterocycles. The molecule has 0 aromatic heterocycles. The van der Waals surface area contributed by atoms with Crippen LogP contribution in [0.5, 0.6) is 0 Å². The second-order valence-corrected chi connectivity index (χ2v) is 6.38. The number of allylic oxidation sites excluding steroid dienone is 1. The minimum atomic E-state index is -0.670. The number of aliphatic hydroxyl groups excluding tert-OH is 1. The van der Waals surface area contributed by atoms with E-state index in [4.69, 9.17) is 14.2 Å². The molecule has 4 atom stereocenters. The molecule has 4 heteroatoms. The van der Waals surface area contributed by atoms with Gasteiger partial charge in [-0.1, -0.05) is 58.1 Å². The van der Waals surface area contributed by atoms with Crippen LogP contribution >= 0.6 is 0 Å². The molecular weight excluding hydrogens is 292 g/mol. The van der Waals surface area contributed by atoms with Gasteiger partial charge < -0.3 is 19.3 Å². The van der Waals surface area contributed by atoms with Crippen molar-refractivity contribution in [2.75, 3.05) is 20.3 Å². The highest BCUT2D eigenvalue weighted by Crippen LogP contribution is 2.22. The van der Waals surface area contributed by atoms with E-state index >= 15 is 0 Å². The number of hydrogen-bond acceptors (Lipinski definition) is 4. The lowest BCUT2D eigenvalue weighted by atomic mass is 9.99. The smallest absolute Gasteiger partial charge is 0.114 e. The van der Waals surface area contributed by atoms with Gasteiger partial charge in [0.05, 0.1) is 6.61 Å². The maximum atomic E-state index is 10.4. The lowest BCUT2D eigenvalue weighted by molar-refractivity contribution is -0.198. The zero-order valence-corrected chi connectivity index (χ0v) is 15.2. The Hall–Kier alpha value is -0.420. The largest absolute Gasteiger partial charge is 0.387 e. The second kappa shape index (κ2) is 12.9. The number of unbranched alkanes of at least 4 members (excludes halogenated alkanes) is 6. The van der Waals surface area contributed by atoms with Crippen LogP contribution in [0.15, 0.2) is 12.2 Å². The molecule has 0 unspecified atom stereocenters. The van der Waals surface area contributed by atoms with Crippen LogP contribution in [-0.4, -0.2) is 49.8 Å². The summed E-state index contributed by atoms with van der Waals surface area (Å²) in [6.07, 6.45) is 12.2. The molecule has 0 spiro atoms. The van der Waals surface area contributed by atoms with Crippen molar-refractivity contribution >= 4 is 0 Å². The minimum absolute atomic E-state index is 0.180. The lowest BCUT2D eigenvalue weighted by Gasteiger charge is -2.38. The summed E-state index contributed by atoms with van der Waals surface area (Å²) in [7, 11) is 1.63. The molecule has 0 amide bonds. The fraction of sp³-hybridized carbons (Fsp3) is 0.895. The van der Waals surface area contributed by atoms with Crippen LogP contribution in [0.4, 0.5) is 0 Å². The average molecular weight is 328 g/mol. The predicted octanol–water partition coefficient (Wildman–Crippen LogP) is 3.86. The third-order valence-electron chi connectivity index (χ3n) is 4.39. The molecule has 1 N–H and O–H groups in total. The Morgan fingerprint density at radius 3 is 2.52 bits per heavy atom. The first-order chi connectivity index (χ1) is 11.2. The van der Waals surface area contributed by atoms with Gasteiger partial charge in [-0.05, 0) is 19.3 Å². The van der Waals surface area contributed by atoms with Crippen molar-refractivity contribution in [2.24, 2.45) is 0 Å². The fourth-order valence-corrected chi connectivity index (χ4v) is 2.88. The normalized spacial score (nSPS) is 28.5. The highest BCUT2D eigenvalue weighted by Gasteiger charge is 2.39. The Labute approximate surface area is 142 Å². The molecule has 0 bridgehead atoms. The van der Waals surface area contributed by atoms with Crippen LogP contribution in [-0.2, 0) is 14.2 Å². The zero-order chi connectivity index (χ0) is 16.9. The molecule has 1 heterocycles. The summed E-state index contributed by atoms with van der Waals surface area (Å²) in [6.45, 7) is 5.53. The summed E-state index contributed by atoms with van der Waals surface area (Å²) in [5.41, 5.74) is 0. The van der Waals surface area contributed by atoms with Gasteiger partial charge in [-0.25, -0.2) is 0 Å². The van der Waals surface area contributed by atoms with E-state index in [-0.39, 0.29) is 18.3 Å². The van der Waals surface area contributed by atoms with E-state index in [1.54, 1.807) is 7.11 Å². The van der Waals surface area contributed by atoms with Crippen LogP contribution in [0.2, 0.25) is 0 Å². The fourth-order valence-electron chi connectivity index (χ4n) is 2.88. The van der Waals surface area contributed by atoms with Crippen LogP contribution in [0.25, 0.3) is 0 Å². The highest BCUT2D eigenvalue weighted by atomic mass is 16.6. The minimum Gasteiger partial charge on any atom is -0.387 e. The first kappa shape index (κ1) is 20.6. The van der Waals surface area contributed by atoms with Crippen molar-refractivity contribution in [3.8, 4) is 0 Å². The summed E-state index contributed by atoms with van der Waals surface area (Å²) in [4.78, 5) is 0. The maximum absolute atomic E-state index is 10.4. The molecule has 0 saturated carbocycles. The number of hydrogen-bond donors (Lipinski definition) is 1. The maximum Gasteiger partial charge on any atom is 0.114 e. The number of rotatable bonds is 12. The van der Waals surface area contributed by atoms with Crippen molar-refractivity contribution < 1.29 is 19.3 Å². The molecule has 23 heavy (non-hydrogen) atoms. The summed E-state index contributed by atoms with van der Waals surface area (Å²) >= 11 is 0. The van der Waals surface area contributed by atoms with Crippen LogP contribution < -0.4 is 0 Å². The van der Waals surface area contributed by atoms with E-state index < -0.39 is 6.10 Å². The standard InChI is InChI=1S/C19H36O4/c1-4-6-8-9-10-11-12-13-16-18(20)19(21-3)17(15-23-16)22-14-7-5-2/h12-13,16-20H,4-11,14-15H2,1-3H3/b13-12+/t16-,17+,18+,19-/m0/s1. The summed E-state index contributed by atoms with van der Waals surface area (Å²) in [6, 6.07) is 0. The van der Waals surface area contributed by atoms with Gasteiger partial charge in [-0.15, -0.1) is 0 Å². The quantitative estimate of drug-likeness (QED) is 0.436. The second-order valence-electron chi connectivity index (χ2n) is 6.38. The monoisotopic (exact) mass is 328 g/mol. The Kier molecular flexibility index (Phi) is 11.6. The molecule has 1 saturated heterocycles. The van der Waals surface area contributed by atoms with Crippen molar-refractivity contribution in [2.45, 2.75) is 89.6 Å². The molecule has 0 radical (unpaired) electrons. The van der Waals surface area contributed by atoms with E-state index in [0.717, 1.165) is 19.3 Å². The molecular formula is C19H36O4. The first-order valence-corrected chi connectivity index (χ1v) is 9.35. The summed E-state index contributed by atoms with van der Waals surface area (Å²) < 4.78 is 17.0. The molecule has 1 rings (SSSR count). The third kappa shape index (κ3) is 7.79. The topological polar surface area (TPSA) is 47.9 Å². The van der Waals surface area contributed by atoms with E-state index in [2.05, 4.69) is 19.9 Å². The Bertz CT molecular complexity index is 306. The van der Waals surface area contributed by atoms with Gasteiger partial charge in [-0.3, -0.25) is 0 Å². The molecule has 1 aliphatic rings. The van der Waals surface area contributed by atoms with Crippen molar-refractivity contribution in [3.63, 3.8) is 0 Å². The van der Waals surface area contributed by atoms with Crippen molar-refractivity contribution in [1.82, 2.24) is 0 Å². The van der Waals surface area contributed by atoms with Crippen LogP contribution in [0, 0.1) is 0 Å². The van der Waals surface area contributed by atoms with Crippen molar-refractivity contribution in [1.29, 1.82) is 0 Å². The van der Waals surface area contributed by atoms with Gasteiger partial charge in [0, 0.05) is 13.7 Å². The van der Waals surface area contributed by atoms with E-state index in [1.807, 2.05) is 6.08 Å². The average Bonchev–Trinajstić information content (AvgIpc) is 2.56. The Balaban J connectivity index is 2.32. The van der Waals surface area contributed by atoms with E-state index in [1.165, 1.54) is 32.1 Å². The van der Waals surface area contributed by atoms with Gasteiger partial charge >= 0.3 is 0 Å². The molecule has 0 aromatic rings. The summed E-state index contributed by atoms with van der Waals surface area (Å²) in [5, 5.41) is 10.4. The Morgan fingerprint density at radius 2 is 1.83 bits per heavy atom. The molecule has 0 aliphatic carbocycles. The van der Waals surface area contributed by atoms with Gasteiger partial charge in [0.1, 0.15) is 24.4 Å². The van der Waals surface area contributed by atoms with E-state index in [9.17, 15) is 5.11 Å². The SMILES string of the molecule is CCCCCCC/C=C/[C@@H]1OC[C@@H](OCCCC)[C@H](OC)[C@@H]1O. The Morgan fingerprint density at radius 1 is 1.09 bits per heavy atom. The van der Waals surface area contributed by atoms with Gasteiger partial charge in [0.2, 0.25) is 0 Å². The summed E-state index contributed by atoms with van der Waals surface area (Å²) in [5.74, 6) is 0. The molecule has 1 fully saturated rings. The molecule has 0 aromatic carbocycles. The molecule has 4 nitrogen and oxygen atoms in total. The van der Waals surface area contributed by atoms with Gasteiger partial charge in [0.25, 0.3) is 0 Å². The number of aliphatic hydroxyl groups is 1. The molecule has 136 valence electrons. The lowest BCUT2D eigenvalue weighted by Crippen LogP contribution is -2.54. The van der Waals surface area contributed by atoms with Gasteiger partial charge in [-0.2, -0.15) is 0 Å². The zero-order valence-electron chi connectivity index (χ0n) is 15.2. The van der Waals surface area contributed by atoms with Crippen molar-refractivity contribution in [3.05, 3.63) is 12.2 Å². The third-order valence-corrected chi connectivity index (χ3v) is 4.39. The number of methoxy groups -OCH3 is 1. The predicted molar refractivity (Wildman–Crippen MR) is 93.7 cm³/mol. The first-order valence-electron chi connectivity index (χ1n) is 9.35. The van der Waals surface area contributed by atoms with Crippen LogP contribution in [0.3, 0.4) is 0 Å². The van der Waals surface area contributed by atoms with Crippen LogP contribution in [0.1, 0.15) is 65.2 Å². The highest BCUT2D eigenvalue weighted by molar-refractivity contribution is 5.00. The van der Waals surface area contributed by atoms with Gasteiger partial charge in [0.15, 0.2) is 0 Å². The van der Waals surface area contributed by atoms with E-state index in [0.29, 0.717) is 13.2 Å².